The molecule has 0 aliphatic carbocycles. The lowest BCUT2D eigenvalue weighted by atomic mass is 10.2. The van der Waals surface area contributed by atoms with Gasteiger partial charge in [-0.15, -0.1) is 0 Å². The van der Waals surface area contributed by atoms with Crippen molar-refractivity contribution in [1.29, 1.82) is 0 Å². The molecule has 0 fully saturated rings. The Kier molecular flexibility index (Phi) is 3.32. The maximum Gasteiger partial charge on any atom is 0.167 e. The Labute approximate surface area is 99.2 Å². The molecular formula is C13H14FNO2. The van der Waals surface area contributed by atoms with E-state index >= 15 is 0 Å². The van der Waals surface area contributed by atoms with Crippen molar-refractivity contribution in [3.05, 3.63) is 47.7 Å². The first-order valence-corrected chi connectivity index (χ1v) is 5.31. The number of halogens is 1. The fourth-order valence-electron chi connectivity index (χ4n) is 1.54. The molecular weight excluding hydrogens is 221 g/mol. The van der Waals surface area contributed by atoms with Crippen molar-refractivity contribution in [3.63, 3.8) is 0 Å². The van der Waals surface area contributed by atoms with Crippen LogP contribution >= 0.6 is 0 Å². The normalized spacial score (nSPS) is 10.3. The third-order valence-corrected chi connectivity index (χ3v) is 2.57. The molecule has 0 atom stereocenters. The minimum atomic E-state index is -0.381. The van der Waals surface area contributed by atoms with Gasteiger partial charge in [0.05, 0.1) is 19.9 Å². The zero-order valence-electron chi connectivity index (χ0n) is 9.79. The number of rotatable bonds is 4. The lowest BCUT2D eigenvalue weighted by molar-refractivity contribution is 0.386. The average Bonchev–Trinajstić information content (AvgIpc) is 2.72. The zero-order chi connectivity index (χ0) is 12.3. The predicted octanol–water partition coefficient (Wildman–Crippen LogP) is 3.35. The van der Waals surface area contributed by atoms with E-state index in [1.54, 1.807) is 18.4 Å². The van der Waals surface area contributed by atoms with Gasteiger partial charge in [-0.25, -0.2) is 4.39 Å². The molecule has 1 N–H and O–H groups in total. The summed E-state index contributed by atoms with van der Waals surface area (Å²) in [6.45, 7) is 2.50. The van der Waals surface area contributed by atoms with E-state index in [2.05, 4.69) is 5.32 Å². The molecule has 3 nitrogen and oxygen atoms in total. The maximum absolute atomic E-state index is 13.4. The summed E-state index contributed by atoms with van der Waals surface area (Å²) in [4.78, 5) is 0. The van der Waals surface area contributed by atoms with Gasteiger partial charge in [-0.1, -0.05) is 0 Å². The van der Waals surface area contributed by atoms with Gasteiger partial charge in [-0.05, 0) is 30.7 Å². The number of anilines is 1. The van der Waals surface area contributed by atoms with E-state index in [1.165, 1.54) is 13.2 Å². The molecule has 90 valence electrons. The van der Waals surface area contributed by atoms with Gasteiger partial charge in [-0.2, -0.15) is 0 Å². The molecule has 2 aromatic rings. The summed E-state index contributed by atoms with van der Waals surface area (Å²) in [5.74, 6) is 0.708. The van der Waals surface area contributed by atoms with Gasteiger partial charge < -0.3 is 14.5 Å². The molecule has 1 heterocycles. The molecule has 1 aromatic carbocycles. The van der Waals surface area contributed by atoms with Gasteiger partial charge in [0, 0.05) is 11.8 Å². The number of furan rings is 1. The van der Waals surface area contributed by atoms with Crippen LogP contribution < -0.4 is 10.1 Å². The standard InChI is InChI=1S/C13H14FNO2/c1-9-5-6-17-13(9)8-15-10-3-4-12(16-2)11(14)7-10/h3-7,15H,8H2,1-2H3. The van der Waals surface area contributed by atoms with Crippen molar-refractivity contribution in [2.45, 2.75) is 13.5 Å². The van der Waals surface area contributed by atoms with Gasteiger partial charge in [-0.3, -0.25) is 0 Å². The number of hydrogen-bond donors (Lipinski definition) is 1. The van der Waals surface area contributed by atoms with Crippen LogP contribution in [0.5, 0.6) is 5.75 Å². The summed E-state index contributed by atoms with van der Waals surface area (Å²) in [5, 5.41) is 3.09. The first-order chi connectivity index (χ1) is 8.20. The molecule has 2 rings (SSSR count). The fourth-order valence-corrected chi connectivity index (χ4v) is 1.54. The minimum absolute atomic E-state index is 0.240. The number of hydrogen-bond acceptors (Lipinski definition) is 3. The highest BCUT2D eigenvalue weighted by Gasteiger charge is 2.05. The third kappa shape index (κ3) is 2.58. The van der Waals surface area contributed by atoms with Gasteiger partial charge in [0.1, 0.15) is 5.76 Å². The fraction of sp³-hybridized carbons (Fsp3) is 0.231. The van der Waals surface area contributed by atoms with E-state index in [-0.39, 0.29) is 11.6 Å². The van der Waals surface area contributed by atoms with Gasteiger partial charge >= 0.3 is 0 Å². The Hall–Kier alpha value is -1.97. The Morgan fingerprint density at radius 2 is 2.18 bits per heavy atom. The molecule has 0 saturated heterocycles. The predicted molar refractivity (Wildman–Crippen MR) is 63.7 cm³/mol. The van der Waals surface area contributed by atoms with Crippen LogP contribution in [-0.2, 0) is 6.54 Å². The summed E-state index contributed by atoms with van der Waals surface area (Å²) >= 11 is 0. The zero-order valence-corrected chi connectivity index (χ0v) is 9.79. The first-order valence-electron chi connectivity index (χ1n) is 5.31. The van der Waals surface area contributed by atoms with Crippen molar-refractivity contribution in [3.8, 4) is 5.75 Å². The van der Waals surface area contributed by atoms with E-state index in [4.69, 9.17) is 9.15 Å². The number of aryl methyl sites for hydroxylation is 1. The molecule has 17 heavy (non-hydrogen) atoms. The van der Waals surface area contributed by atoms with Crippen LogP contribution in [0, 0.1) is 12.7 Å². The first kappa shape index (κ1) is 11.5. The van der Waals surface area contributed by atoms with Crippen LogP contribution in [0.1, 0.15) is 11.3 Å². The second kappa shape index (κ2) is 4.91. The molecule has 0 bridgehead atoms. The molecule has 4 heteroatoms. The molecule has 0 spiro atoms. The van der Waals surface area contributed by atoms with Gasteiger partial charge in [0.25, 0.3) is 0 Å². The summed E-state index contributed by atoms with van der Waals surface area (Å²) in [6.07, 6.45) is 1.64. The van der Waals surface area contributed by atoms with E-state index in [0.717, 1.165) is 11.3 Å². The highest BCUT2D eigenvalue weighted by molar-refractivity contribution is 5.47. The van der Waals surface area contributed by atoms with E-state index in [1.807, 2.05) is 13.0 Å². The largest absolute Gasteiger partial charge is 0.494 e. The highest BCUT2D eigenvalue weighted by Crippen LogP contribution is 2.21. The van der Waals surface area contributed by atoms with Crippen LogP contribution in [0.15, 0.2) is 34.9 Å². The monoisotopic (exact) mass is 235 g/mol. The SMILES string of the molecule is COc1ccc(NCc2occc2C)cc1F. The van der Waals surface area contributed by atoms with Crippen molar-refractivity contribution in [1.82, 2.24) is 0 Å². The van der Waals surface area contributed by atoms with Crippen molar-refractivity contribution in [2.24, 2.45) is 0 Å². The van der Waals surface area contributed by atoms with Gasteiger partial charge in [0.15, 0.2) is 11.6 Å². The Morgan fingerprint density at radius 3 is 2.76 bits per heavy atom. The second-order valence-corrected chi connectivity index (χ2v) is 3.73. The summed E-state index contributed by atoms with van der Waals surface area (Å²) in [6, 6.07) is 6.65. The van der Waals surface area contributed by atoms with Crippen molar-refractivity contribution < 1.29 is 13.5 Å². The number of nitrogens with one attached hydrogen (secondary N) is 1. The molecule has 0 aliphatic rings. The number of methoxy groups -OCH3 is 1. The van der Waals surface area contributed by atoms with Crippen LogP contribution in [0.25, 0.3) is 0 Å². The second-order valence-electron chi connectivity index (χ2n) is 3.73. The highest BCUT2D eigenvalue weighted by atomic mass is 19.1. The van der Waals surface area contributed by atoms with Crippen molar-refractivity contribution >= 4 is 5.69 Å². The van der Waals surface area contributed by atoms with Gasteiger partial charge in [0.2, 0.25) is 0 Å². The third-order valence-electron chi connectivity index (χ3n) is 2.57. The number of ether oxygens (including phenoxy) is 1. The summed E-state index contributed by atoms with van der Waals surface area (Å²) < 4.78 is 23.5. The Morgan fingerprint density at radius 1 is 1.35 bits per heavy atom. The molecule has 0 aliphatic heterocycles. The minimum Gasteiger partial charge on any atom is -0.494 e. The van der Waals surface area contributed by atoms with Crippen LogP contribution in [0.4, 0.5) is 10.1 Å². The van der Waals surface area contributed by atoms with E-state index < -0.39 is 0 Å². The van der Waals surface area contributed by atoms with E-state index in [9.17, 15) is 4.39 Å². The molecule has 0 saturated carbocycles. The van der Waals surface area contributed by atoms with Crippen LogP contribution in [-0.4, -0.2) is 7.11 Å². The van der Waals surface area contributed by atoms with Crippen LogP contribution in [0.2, 0.25) is 0 Å². The van der Waals surface area contributed by atoms with Crippen LogP contribution in [0.3, 0.4) is 0 Å². The topological polar surface area (TPSA) is 34.4 Å². The Balaban J connectivity index is 2.05. The lowest BCUT2D eigenvalue weighted by Gasteiger charge is -2.07. The Bertz CT molecular complexity index is 508. The molecule has 1 aromatic heterocycles. The smallest absolute Gasteiger partial charge is 0.167 e. The molecule has 0 amide bonds. The molecule has 0 radical (unpaired) electrons. The van der Waals surface area contributed by atoms with Crippen molar-refractivity contribution in [2.75, 3.05) is 12.4 Å². The van der Waals surface area contributed by atoms with E-state index in [0.29, 0.717) is 12.2 Å². The average molecular weight is 235 g/mol. The number of benzene rings is 1. The summed E-state index contributed by atoms with van der Waals surface area (Å²) in [7, 11) is 1.44. The summed E-state index contributed by atoms with van der Waals surface area (Å²) in [5.41, 5.74) is 1.77. The maximum atomic E-state index is 13.4. The quantitative estimate of drug-likeness (QED) is 0.882. The lowest BCUT2D eigenvalue weighted by Crippen LogP contribution is -2.00. The molecule has 0 unspecified atom stereocenters.